The molecule has 1 aromatic carbocycles. The van der Waals surface area contributed by atoms with Crippen molar-refractivity contribution in [3.8, 4) is 0 Å². The zero-order valence-electron chi connectivity index (χ0n) is 81.4. The number of unbranched alkanes of at least 4 members (excludes halogenated alkanes) is 29. The van der Waals surface area contributed by atoms with Crippen molar-refractivity contribution in [2.45, 2.75) is 408 Å². The summed E-state index contributed by atoms with van der Waals surface area (Å²) in [6.07, 6.45) is 37.6. The number of carbonyl (C=O) groups excluding carboxylic acids is 11. The minimum Gasteiger partial charge on any atom is -0.466 e. The van der Waals surface area contributed by atoms with Gasteiger partial charge in [0, 0.05) is 113 Å². The van der Waals surface area contributed by atoms with E-state index < -0.39 is 11.5 Å². The summed E-state index contributed by atoms with van der Waals surface area (Å²) in [5, 5.41) is 15.6. The van der Waals surface area contributed by atoms with Gasteiger partial charge in [-0.2, -0.15) is 0 Å². The lowest BCUT2D eigenvalue weighted by molar-refractivity contribution is -0.146. The molecule has 0 spiro atoms. The highest BCUT2D eigenvalue weighted by atomic mass is 16.6. The third-order valence-electron chi connectivity index (χ3n) is 27.0. The van der Waals surface area contributed by atoms with Gasteiger partial charge < -0.3 is 74.0 Å². The second-order valence-corrected chi connectivity index (χ2v) is 37.9. The molecule has 26 heteroatoms. The average molecular weight is 1810 g/mol. The van der Waals surface area contributed by atoms with Crippen molar-refractivity contribution in [3.05, 3.63) is 35.9 Å². The van der Waals surface area contributed by atoms with Crippen LogP contribution in [0.1, 0.15) is 365 Å². The molecule has 3 aliphatic rings. The van der Waals surface area contributed by atoms with Gasteiger partial charge in [0.05, 0.1) is 95.9 Å². The van der Waals surface area contributed by atoms with Crippen molar-refractivity contribution < 1.29 is 100 Å². The molecule has 0 saturated heterocycles. The largest absolute Gasteiger partial charge is 0.466 e. The van der Waals surface area contributed by atoms with Crippen molar-refractivity contribution in [3.63, 3.8) is 0 Å². The van der Waals surface area contributed by atoms with Gasteiger partial charge >= 0.3 is 23.9 Å². The molecule has 0 aliphatic heterocycles. The fourth-order valence-electron chi connectivity index (χ4n) is 18.6. The summed E-state index contributed by atoms with van der Waals surface area (Å²) in [5.74, 6) is 0.0947. The second-order valence-electron chi connectivity index (χ2n) is 37.9. The topological polar surface area (TPSA) is 340 Å². The van der Waals surface area contributed by atoms with Gasteiger partial charge in [-0.05, 0) is 123 Å². The van der Waals surface area contributed by atoms with Crippen molar-refractivity contribution in [1.29, 1.82) is 0 Å². The summed E-state index contributed by atoms with van der Waals surface area (Å²) in [6.45, 7) is 25.5. The quantitative estimate of drug-likeness (QED) is 0.0230. The minimum atomic E-state index is -1.28. The van der Waals surface area contributed by atoms with E-state index in [1.807, 2.05) is 30.3 Å². The standard InChI is InChI=1S/C102H175N5O21/c1-75-78(4)99(104-81(7)108)93(65-88(75)69-125-84(10)111)122-59-45-36-30-24-18-13-15-21-27-33-42-51-91(114)55-62-119-72-102(107-97(117)53-48-54-98(118)128-68-87-49-40-39-41-50-87,73-120-63-56-92(115)52-43-34-28-22-16-14-19-25-31-37-46-60-123-94-66-89(70-126-85(11)112)76(2)79(5)100(94)105-82(8)109)74-121-64-57-96(116)103-58-44-35-29-23-17-20-26-32-38-47-61-124-95-67-90(71-127-86(12)113)77(3)80(6)101(95)106-83(9)110/h39-41,49-50,75-80,88-90,93-95,99-101H,13-38,42-48,51-74H2,1-12H3,(H,103,116)(H,104,108)(H,105,109)(H,106,110)(H,107,117). The van der Waals surface area contributed by atoms with Crippen LogP contribution in [0, 0.1) is 53.3 Å². The van der Waals surface area contributed by atoms with Gasteiger partial charge in [-0.3, -0.25) is 52.7 Å². The van der Waals surface area contributed by atoms with E-state index in [0.29, 0.717) is 59.0 Å². The van der Waals surface area contributed by atoms with Gasteiger partial charge in [0.15, 0.2) is 0 Å². The lowest BCUT2D eigenvalue weighted by Crippen LogP contribution is -2.58. The fourth-order valence-corrected chi connectivity index (χ4v) is 18.6. The number of benzene rings is 1. The molecule has 4 rings (SSSR count). The van der Waals surface area contributed by atoms with Gasteiger partial charge in [-0.25, -0.2) is 0 Å². The SMILES string of the molecule is CC(=O)NC1C(OCCCCCCCCCCCCCC(=O)CCOCC(COCCC(=O)CCCCCCCCCCCCCOC2CC(COC(C)=O)C(C)C(C)C2NC(C)=O)(COCCC(=O)NCCCCCCCCCCCCOC2CC(COC(C)=O)C(C)C(C)C2NC(C)=O)NC(=O)CCCC(=O)OCc2ccccc2)CC(COC(C)=O)C(C)C1C. The molecule has 734 valence electrons. The highest BCUT2D eigenvalue weighted by Crippen LogP contribution is 2.40. The number of nitrogens with one attached hydrogen (secondary N) is 5. The first-order valence-electron chi connectivity index (χ1n) is 50.2. The Bertz CT molecular complexity index is 2960. The van der Waals surface area contributed by atoms with Crippen LogP contribution in [-0.2, 0) is 107 Å². The van der Waals surface area contributed by atoms with Crippen LogP contribution in [0.2, 0.25) is 0 Å². The molecule has 128 heavy (non-hydrogen) atoms. The molecule has 0 aromatic heterocycles. The summed E-state index contributed by atoms with van der Waals surface area (Å²) in [7, 11) is 0. The molecule has 15 unspecified atom stereocenters. The number of ether oxygens (including phenoxy) is 10. The first kappa shape index (κ1) is 114. The van der Waals surface area contributed by atoms with Crippen LogP contribution in [0.3, 0.4) is 0 Å². The number of ketones is 2. The Kier molecular flexibility index (Phi) is 61.7. The van der Waals surface area contributed by atoms with Gasteiger partial charge in [0.2, 0.25) is 29.5 Å². The smallest absolute Gasteiger partial charge is 0.306 e. The Morgan fingerprint density at radius 2 is 0.633 bits per heavy atom. The normalized spacial score (nSPS) is 22.6. The first-order valence-corrected chi connectivity index (χ1v) is 50.2. The molecular weight excluding hydrogens is 1630 g/mol. The molecule has 3 fully saturated rings. The highest BCUT2D eigenvalue weighted by molar-refractivity contribution is 5.80. The molecule has 26 nitrogen and oxygen atoms in total. The molecule has 0 heterocycles. The maximum absolute atomic E-state index is 14.0. The van der Waals surface area contributed by atoms with Crippen LogP contribution in [0.25, 0.3) is 0 Å². The second kappa shape index (κ2) is 69.4. The molecule has 1 aromatic rings. The summed E-state index contributed by atoms with van der Waals surface area (Å²) >= 11 is 0. The zero-order valence-corrected chi connectivity index (χ0v) is 81.4. The summed E-state index contributed by atoms with van der Waals surface area (Å²) in [6, 6.07) is 9.15. The summed E-state index contributed by atoms with van der Waals surface area (Å²) < 4.78 is 59.8. The summed E-state index contributed by atoms with van der Waals surface area (Å²) in [5.41, 5.74) is -0.422. The molecule has 0 radical (unpaired) electrons. The van der Waals surface area contributed by atoms with Crippen LogP contribution >= 0.6 is 0 Å². The van der Waals surface area contributed by atoms with Crippen LogP contribution in [0.4, 0.5) is 0 Å². The number of hydrogen-bond acceptors (Lipinski definition) is 21. The average Bonchev–Trinajstić information content (AvgIpc) is 0.815. The van der Waals surface area contributed by atoms with E-state index in [1.165, 1.54) is 59.3 Å². The fraction of sp³-hybridized carbons (Fsp3) is 0.833. The number of amides is 5. The van der Waals surface area contributed by atoms with Crippen LogP contribution in [0.15, 0.2) is 30.3 Å². The lowest BCUT2D eigenvalue weighted by Gasteiger charge is -2.44. The van der Waals surface area contributed by atoms with Gasteiger partial charge in [0.25, 0.3) is 0 Å². The van der Waals surface area contributed by atoms with Gasteiger partial charge in [-0.1, -0.05) is 239 Å². The monoisotopic (exact) mass is 1810 g/mol. The lowest BCUT2D eigenvalue weighted by atomic mass is 9.70. The number of Topliss-reactive ketones (excluding diaryl/α,β-unsaturated/α-hetero) is 2. The van der Waals surface area contributed by atoms with E-state index in [9.17, 15) is 52.7 Å². The Balaban J connectivity index is 1.22. The third kappa shape index (κ3) is 52.1. The maximum Gasteiger partial charge on any atom is 0.306 e. The molecule has 5 amide bonds. The van der Waals surface area contributed by atoms with Crippen molar-refractivity contribution in [2.24, 2.45) is 53.3 Å². The van der Waals surface area contributed by atoms with E-state index in [-0.39, 0.29) is 233 Å². The Morgan fingerprint density at radius 3 is 0.961 bits per heavy atom. The molecular formula is C102H175N5O21. The van der Waals surface area contributed by atoms with Crippen LogP contribution < -0.4 is 26.6 Å². The van der Waals surface area contributed by atoms with E-state index in [4.69, 9.17) is 47.4 Å². The Hall–Kier alpha value is -6.45. The van der Waals surface area contributed by atoms with Gasteiger partial charge in [0.1, 0.15) is 23.7 Å². The zero-order chi connectivity index (χ0) is 93.5. The van der Waals surface area contributed by atoms with Crippen molar-refractivity contribution in [1.82, 2.24) is 26.6 Å². The van der Waals surface area contributed by atoms with Crippen molar-refractivity contribution >= 4 is 65.0 Å². The molecule has 5 N–H and O–H groups in total. The maximum atomic E-state index is 14.0. The number of hydrogen-bond donors (Lipinski definition) is 5. The van der Waals surface area contributed by atoms with E-state index >= 15 is 0 Å². The summed E-state index contributed by atoms with van der Waals surface area (Å²) in [4.78, 5) is 138. The number of carbonyl (C=O) groups is 11. The van der Waals surface area contributed by atoms with Crippen LogP contribution in [-0.4, -0.2) is 193 Å². The predicted molar refractivity (Wildman–Crippen MR) is 499 cm³/mol. The van der Waals surface area contributed by atoms with Crippen LogP contribution in [0.5, 0.6) is 0 Å². The molecule has 3 aliphatic carbocycles. The van der Waals surface area contributed by atoms with E-state index in [0.717, 1.165) is 192 Å². The number of rotatable bonds is 75. The van der Waals surface area contributed by atoms with E-state index in [1.54, 1.807) is 20.8 Å². The number of esters is 4. The Morgan fingerprint density at radius 1 is 0.320 bits per heavy atom. The molecule has 15 atom stereocenters. The predicted octanol–water partition coefficient (Wildman–Crippen LogP) is 17.7. The molecule has 0 bridgehead atoms. The first-order chi connectivity index (χ1) is 61.6. The Labute approximate surface area is 770 Å². The highest BCUT2D eigenvalue weighted by Gasteiger charge is 2.45. The third-order valence-corrected chi connectivity index (χ3v) is 27.0. The van der Waals surface area contributed by atoms with Crippen molar-refractivity contribution in [2.75, 3.05) is 85.8 Å². The molecule has 3 saturated carbocycles. The minimum absolute atomic E-state index is 0.0107. The van der Waals surface area contributed by atoms with E-state index in [2.05, 4.69) is 68.1 Å². The van der Waals surface area contributed by atoms with Gasteiger partial charge in [-0.15, -0.1) is 0 Å².